The third-order valence-electron chi connectivity index (χ3n) is 2.56. The molecule has 1 aliphatic heterocycles. The van der Waals surface area contributed by atoms with Crippen LogP contribution in [0.3, 0.4) is 0 Å². The molecule has 1 saturated heterocycles. The number of carbonyl (C=O) groups is 1. The average Bonchev–Trinajstić information content (AvgIpc) is 2.99. The highest BCUT2D eigenvalue weighted by molar-refractivity contribution is 8.26. The highest BCUT2D eigenvalue weighted by Crippen LogP contribution is 2.25. The third kappa shape index (κ3) is 2.59. The van der Waals surface area contributed by atoms with Gasteiger partial charge in [0.25, 0.3) is 5.91 Å². The first-order valence-corrected chi connectivity index (χ1v) is 6.80. The van der Waals surface area contributed by atoms with Crippen LogP contribution in [-0.2, 0) is 4.79 Å². The molecule has 0 radical (unpaired) electrons. The maximum Gasteiger partial charge on any atom is 0.263 e. The van der Waals surface area contributed by atoms with Gasteiger partial charge in [0.15, 0.2) is 0 Å². The maximum absolute atomic E-state index is 11.6. The van der Waals surface area contributed by atoms with Crippen LogP contribution in [0.2, 0.25) is 0 Å². The number of para-hydroxylation sites is 1. The van der Waals surface area contributed by atoms with Gasteiger partial charge >= 0.3 is 0 Å². The Hall–Kier alpha value is -1.92. The summed E-state index contributed by atoms with van der Waals surface area (Å²) in [5.41, 5.74) is 1.84. The van der Waals surface area contributed by atoms with Gasteiger partial charge in [-0.1, -0.05) is 42.2 Å². The van der Waals surface area contributed by atoms with Gasteiger partial charge in [-0.3, -0.25) is 4.79 Å². The SMILES string of the molecule is O=C1NC(=S)S/C1=C\c1cnn(-c2ccccc2)c1. The normalized spacial score (nSPS) is 16.9. The zero-order valence-electron chi connectivity index (χ0n) is 9.74. The van der Waals surface area contributed by atoms with Crippen LogP contribution in [0.4, 0.5) is 0 Å². The molecule has 4 nitrogen and oxygen atoms in total. The van der Waals surface area contributed by atoms with Crippen molar-refractivity contribution in [2.24, 2.45) is 0 Å². The summed E-state index contributed by atoms with van der Waals surface area (Å²) in [6.07, 6.45) is 5.37. The van der Waals surface area contributed by atoms with E-state index in [9.17, 15) is 4.79 Å². The average molecular weight is 287 g/mol. The fourth-order valence-electron chi connectivity index (χ4n) is 1.71. The fourth-order valence-corrected chi connectivity index (χ4v) is 2.75. The molecule has 0 unspecified atom stereocenters. The number of thiocarbonyl (C=S) groups is 1. The first-order valence-electron chi connectivity index (χ1n) is 5.57. The molecule has 0 aliphatic carbocycles. The second kappa shape index (κ2) is 4.99. The lowest BCUT2D eigenvalue weighted by atomic mass is 10.3. The van der Waals surface area contributed by atoms with Gasteiger partial charge in [-0.15, -0.1) is 0 Å². The zero-order chi connectivity index (χ0) is 13.2. The topological polar surface area (TPSA) is 46.9 Å². The van der Waals surface area contributed by atoms with E-state index in [0.717, 1.165) is 11.3 Å². The smallest absolute Gasteiger partial charge is 0.263 e. The van der Waals surface area contributed by atoms with Crippen molar-refractivity contribution in [2.45, 2.75) is 0 Å². The monoisotopic (exact) mass is 287 g/mol. The van der Waals surface area contributed by atoms with Crippen LogP contribution in [-0.4, -0.2) is 20.0 Å². The Morgan fingerprint density at radius 1 is 1.32 bits per heavy atom. The molecule has 0 atom stereocenters. The first kappa shape index (κ1) is 12.1. The van der Waals surface area contributed by atoms with Crippen LogP contribution in [0.5, 0.6) is 0 Å². The second-order valence-corrected chi connectivity index (χ2v) is 5.62. The van der Waals surface area contributed by atoms with Crippen LogP contribution in [0.1, 0.15) is 5.56 Å². The molecule has 1 aromatic carbocycles. The van der Waals surface area contributed by atoms with Crippen molar-refractivity contribution in [2.75, 3.05) is 0 Å². The molecular weight excluding hydrogens is 278 g/mol. The van der Waals surface area contributed by atoms with Gasteiger partial charge in [0, 0.05) is 11.8 Å². The third-order valence-corrected chi connectivity index (χ3v) is 3.73. The standard InChI is InChI=1S/C13H9N3OS2/c17-12-11(19-13(18)15-12)6-9-7-14-16(8-9)10-4-2-1-3-5-10/h1-8H,(H,15,17,18)/b11-6-. The Balaban J connectivity index is 1.89. The molecule has 1 fully saturated rings. The Labute approximate surface area is 119 Å². The van der Waals surface area contributed by atoms with Gasteiger partial charge in [-0.2, -0.15) is 5.10 Å². The molecule has 1 aliphatic rings. The molecule has 6 heteroatoms. The lowest BCUT2D eigenvalue weighted by molar-refractivity contribution is -0.115. The van der Waals surface area contributed by atoms with Gasteiger partial charge in [0.05, 0.1) is 16.8 Å². The number of hydrogen-bond acceptors (Lipinski definition) is 4. The van der Waals surface area contributed by atoms with E-state index >= 15 is 0 Å². The predicted octanol–water partition coefficient (Wildman–Crippen LogP) is 2.36. The number of benzene rings is 1. The highest BCUT2D eigenvalue weighted by Gasteiger charge is 2.22. The van der Waals surface area contributed by atoms with Crippen molar-refractivity contribution in [3.05, 3.63) is 53.2 Å². The summed E-state index contributed by atoms with van der Waals surface area (Å²) in [6.45, 7) is 0. The molecule has 94 valence electrons. The molecule has 2 heterocycles. The minimum absolute atomic E-state index is 0.150. The minimum atomic E-state index is -0.150. The van der Waals surface area contributed by atoms with Gasteiger partial charge in [0.1, 0.15) is 4.32 Å². The Bertz CT molecular complexity index is 676. The van der Waals surface area contributed by atoms with E-state index in [2.05, 4.69) is 10.4 Å². The molecule has 0 bridgehead atoms. The zero-order valence-corrected chi connectivity index (χ0v) is 11.4. The van der Waals surface area contributed by atoms with E-state index in [1.807, 2.05) is 36.5 Å². The van der Waals surface area contributed by atoms with Crippen molar-refractivity contribution in [1.82, 2.24) is 15.1 Å². The number of hydrogen-bond donors (Lipinski definition) is 1. The molecule has 0 spiro atoms. The number of amides is 1. The molecule has 3 rings (SSSR count). The van der Waals surface area contributed by atoms with Crippen LogP contribution in [0, 0.1) is 0 Å². The molecule has 1 N–H and O–H groups in total. The summed E-state index contributed by atoms with van der Waals surface area (Å²) in [7, 11) is 0. The molecule has 19 heavy (non-hydrogen) atoms. The van der Waals surface area contributed by atoms with Crippen molar-refractivity contribution >= 4 is 40.3 Å². The number of thioether (sulfide) groups is 1. The van der Waals surface area contributed by atoms with E-state index in [-0.39, 0.29) is 5.91 Å². The van der Waals surface area contributed by atoms with Crippen LogP contribution in [0.15, 0.2) is 47.6 Å². The number of nitrogens with one attached hydrogen (secondary N) is 1. The van der Waals surface area contributed by atoms with E-state index in [1.165, 1.54) is 11.8 Å². The van der Waals surface area contributed by atoms with Crippen molar-refractivity contribution < 1.29 is 4.79 Å². The Kier molecular flexibility index (Phi) is 3.18. The summed E-state index contributed by atoms with van der Waals surface area (Å²) in [5, 5.41) is 6.86. The first-order chi connectivity index (χ1) is 9.22. The summed E-state index contributed by atoms with van der Waals surface area (Å²) in [4.78, 5) is 12.1. The number of carbonyl (C=O) groups excluding carboxylic acids is 1. The number of nitrogens with zero attached hydrogens (tertiary/aromatic N) is 2. The molecule has 1 amide bonds. The highest BCUT2D eigenvalue weighted by atomic mass is 32.2. The molecular formula is C13H9N3OS2. The summed E-state index contributed by atoms with van der Waals surface area (Å²) in [6, 6.07) is 9.80. The van der Waals surface area contributed by atoms with E-state index in [0.29, 0.717) is 9.23 Å². The van der Waals surface area contributed by atoms with E-state index in [4.69, 9.17) is 12.2 Å². The Morgan fingerprint density at radius 3 is 2.79 bits per heavy atom. The van der Waals surface area contributed by atoms with E-state index < -0.39 is 0 Å². The van der Waals surface area contributed by atoms with Crippen LogP contribution in [0.25, 0.3) is 11.8 Å². The lowest BCUT2D eigenvalue weighted by Gasteiger charge is -1.98. The van der Waals surface area contributed by atoms with Gasteiger partial charge in [-0.25, -0.2) is 4.68 Å². The largest absolute Gasteiger partial charge is 0.307 e. The number of aromatic nitrogens is 2. The quantitative estimate of drug-likeness (QED) is 0.680. The molecule has 2 aromatic rings. The summed E-state index contributed by atoms with van der Waals surface area (Å²) >= 11 is 6.21. The van der Waals surface area contributed by atoms with Crippen molar-refractivity contribution in [1.29, 1.82) is 0 Å². The van der Waals surface area contributed by atoms with Crippen molar-refractivity contribution in [3.63, 3.8) is 0 Å². The lowest BCUT2D eigenvalue weighted by Crippen LogP contribution is -2.17. The molecule has 0 saturated carbocycles. The van der Waals surface area contributed by atoms with Gasteiger partial charge < -0.3 is 5.32 Å². The predicted molar refractivity (Wildman–Crippen MR) is 79.9 cm³/mol. The summed E-state index contributed by atoms with van der Waals surface area (Å²) < 4.78 is 2.26. The second-order valence-electron chi connectivity index (χ2n) is 3.91. The fraction of sp³-hybridized carbons (Fsp3) is 0. The van der Waals surface area contributed by atoms with Crippen LogP contribution < -0.4 is 5.32 Å². The van der Waals surface area contributed by atoms with E-state index in [1.54, 1.807) is 17.0 Å². The van der Waals surface area contributed by atoms with Gasteiger partial charge in [0.2, 0.25) is 0 Å². The Morgan fingerprint density at radius 2 is 2.11 bits per heavy atom. The number of rotatable bonds is 2. The minimum Gasteiger partial charge on any atom is -0.307 e. The van der Waals surface area contributed by atoms with Gasteiger partial charge in [-0.05, 0) is 18.2 Å². The van der Waals surface area contributed by atoms with Crippen molar-refractivity contribution in [3.8, 4) is 5.69 Å². The summed E-state index contributed by atoms with van der Waals surface area (Å²) in [5.74, 6) is -0.150. The molecule has 1 aromatic heterocycles. The van der Waals surface area contributed by atoms with Crippen LogP contribution >= 0.6 is 24.0 Å². The maximum atomic E-state index is 11.6.